The first-order chi connectivity index (χ1) is 41.9. The summed E-state index contributed by atoms with van der Waals surface area (Å²) < 4.78 is 92.9. The van der Waals surface area contributed by atoms with Crippen LogP contribution in [0.15, 0.2) is 0 Å². The molecule has 40 atom stereocenters. The molecule has 22 N–H and O–H groups in total. The lowest BCUT2D eigenvalue weighted by Gasteiger charge is -2.51. The zero-order valence-corrected chi connectivity index (χ0v) is 47.1. The Morgan fingerprint density at radius 1 is 0.193 bits per heavy atom. The molecule has 0 aromatic carbocycles. The molecule has 0 amide bonds. The zero-order valence-electron chi connectivity index (χ0n) is 47.1. The third-order valence-corrected chi connectivity index (χ3v) is 17.5. The van der Waals surface area contributed by atoms with E-state index >= 15 is 0 Å². The molecule has 0 aliphatic carbocycles. The SMILES string of the molecule is CCC1OC2OC3C(CO)OC(OC4C(CO)OC(OC5C(CO)OC(OC6C(CO)OC(OC7C(CO)OC(OC8C(CO)OC(OC9C(CO)OC(OC1C(O)C2O)C(O)C9O)C(O)C8O)C(O)C7O)C(O)C6O)C(O)C5C)C(O)C4O)C(O)C3O. The lowest BCUT2D eigenvalue weighted by molar-refractivity contribution is -0.402. The largest absolute Gasteiger partial charge is 0.394 e. The van der Waals surface area contributed by atoms with E-state index in [-0.39, 0.29) is 6.42 Å². The number of ether oxygens (including phenoxy) is 16. The summed E-state index contributed by atoms with van der Waals surface area (Å²) in [6.45, 7) is -4.15. The summed E-state index contributed by atoms with van der Waals surface area (Å²) in [6, 6.07) is 0. The fourth-order valence-electron chi connectivity index (χ4n) is 12.3. The van der Waals surface area contributed by atoms with Gasteiger partial charge in [-0.2, -0.15) is 0 Å². The van der Waals surface area contributed by atoms with Crippen LogP contribution in [0.25, 0.3) is 0 Å². The summed E-state index contributed by atoms with van der Waals surface area (Å²) in [6.07, 6.45) is -74.9. The molecule has 38 heteroatoms. The van der Waals surface area contributed by atoms with Crippen LogP contribution < -0.4 is 0 Å². The maximum Gasteiger partial charge on any atom is 0.187 e. The Balaban J connectivity index is 0.975. The first-order valence-electron chi connectivity index (χ1n) is 28.8. The van der Waals surface area contributed by atoms with Gasteiger partial charge in [-0.15, -0.1) is 0 Å². The molecule has 40 unspecified atom stereocenters. The van der Waals surface area contributed by atoms with E-state index in [1.165, 1.54) is 13.8 Å². The predicted octanol–water partition coefficient (Wildman–Crippen LogP) is -14.7. The second-order valence-corrected chi connectivity index (χ2v) is 23.1. The van der Waals surface area contributed by atoms with Crippen molar-refractivity contribution in [2.45, 2.75) is 260 Å². The van der Waals surface area contributed by atoms with Gasteiger partial charge in [0.2, 0.25) is 0 Å². The van der Waals surface area contributed by atoms with Crippen molar-refractivity contribution in [2.24, 2.45) is 5.92 Å². The summed E-state index contributed by atoms with van der Waals surface area (Å²) in [5.74, 6) is -1.19. The first-order valence-corrected chi connectivity index (χ1v) is 28.8. The quantitative estimate of drug-likeness (QED) is 0.107. The summed E-state index contributed by atoms with van der Waals surface area (Å²) in [5.41, 5.74) is 0. The number of aliphatic hydroxyl groups excluding tert-OH is 22. The van der Waals surface area contributed by atoms with Crippen molar-refractivity contribution in [2.75, 3.05) is 46.2 Å². The number of hydrogen-bond donors (Lipinski definition) is 22. The molecule has 512 valence electrons. The topological polar surface area (TPSA) is 593 Å². The molecule has 30 aliphatic heterocycles. The van der Waals surface area contributed by atoms with Crippen LogP contribution in [0.1, 0.15) is 20.3 Å². The summed E-state index contributed by atoms with van der Waals surface area (Å²) in [4.78, 5) is 0. The minimum Gasteiger partial charge on any atom is -0.394 e. The van der Waals surface area contributed by atoms with E-state index in [0.29, 0.717) is 0 Å². The molecule has 30 fully saturated rings. The third kappa shape index (κ3) is 13.8. The van der Waals surface area contributed by atoms with Crippen LogP contribution >= 0.6 is 0 Å². The van der Waals surface area contributed by atoms with Crippen LogP contribution in [0, 0.1) is 5.92 Å². The summed E-state index contributed by atoms with van der Waals surface area (Å²) >= 11 is 0. The van der Waals surface area contributed by atoms with Gasteiger partial charge in [-0.1, -0.05) is 13.8 Å². The Labute approximate surface area is 499 Å². The molecular formula is C50H84O38. The number of hydrogen-bond acceptors (Lipinski definition) is 38. The Morgan fingerprint density at radius 2 is 0.341 bits per heavy atom. The Bertz CT molecular complexity index is 1700. The van der Waals surface area contributed by atoms with Crippen molar-refractivity contribution in [1.82, 2.24) is 0 Å². The molecule has 0 spiro atoms. The Hall–Kier alpha value is -1.52. The maximum atomic E-state index is 11.6. The van der Waals surface area contributed by atoms with Crippen LogP contribution in [-0.4, -0.2) is 398 Å². The highest BCUT2D eigenvalue weighted by Gasteiger charge is 2.60. The van der Waals surface area contributed by atoms with Gasteiger partial charge < -0.3 is 188 Å². The molecule has 0 aromatic rings. The molecule has 30 heterocycles. The van der Waals surface area contributed by atoms with Gasteiger partial charge in [0.25, 0.3) is 0 Å². The lowest BCUT2D eigenvalue weighted by atomic mass is 9.90. The lowest BCUT2D eigenvalue weighted by Crippen LogP contribution is -2.68. The van der Waals surface area contributed by atoms with Gasteiger partial charge in [-0.25, -0.2) is 0 Å². The van der Waals surface area contributed by atoms with Gasteiger partial charge in [0, 0.05) is 5.92 Å². The highest BCUT2D eigenvalue weighted by molar-refractivity contribution is 5.02. The molecule has 30 aliphatic rings. The molecular weight excluding hydrogens is 1210 g/mol. The maximum absolute atomic E-state index is 11.6. The van der Waals surface area contributed by atoms with Crippen LogP contribution in [0.3, 0.4) is 0 Å². The Morgan fingerprint density at radius 3 is 0.523 bits per heavy atom. The first kappa shape index (κ1) is 70.8. The zero-order chi connectivity index (χ0) is 64.1. The van der Waals surface area contributed by atoms with Gasteiger partial charge in [0.15, 0.2) is 50.3 Å². The van der Waals surface area contributed by atoms with Crippen LogP contribution in [0.5, 0.6) is 0 Å². The van der Waals surface area contributed by atoms with Crippen molar-refractivity contribution >= 4 is 0 Å². The molecule has 30 rings (SSSR count). The fraction of sp³-hybridized carbons (Fsp3) is 1.00. The predicted molar refractivity (Wildman–Crippen MR) is 267 cm³/mol. The number of rotatable bonds is 8. The van der Waals surface area contributed by atoms with Gasteiger partial charge in [-0.05, 0) is 6.42 Å². The third-order valence-electron chi connectivity index (χ3n) is 17.5. The Kier molecular flexibility index (Phi) is 24.2. The van der Waals surface area contributed by atoms with Gasteiger partial charge in [0.05, 0.1) is 58.5 Å². The van der Waals surface area contributed by atoms with E-state index in [1.807, 2.05) is 0 Å². The highest BCUT2D eigenvalue weighted by Crippen LogP contribution is 2.40. The standard InChI is InChI=1S/C50H84O38/c1-3-12-36-21(59)28(66)44(73-12)84-38-16(7-54)78-48(32(70)25(38)63)85-39-15(6-53)75-45(29(67)22(39)60)81-35-11(2)20(58)43(74-13(35)4-51)83-37-14(5-52)77-47(31(69)23(37)61)87-41-18(9-56)80-50(34(72)26(41)64)88-42-19(10-57)79-49(33(71)27(42)65)86-40-17(8-55)76-46(82-36)30(68)24(40)62/h11-72H,3-10H2,1-2H3. The van der Waals surface area contributed by atoms with Crippen molar-refractivity contribution < 1.29 is 188 Å². The molecule has 16 bridgehead atoms. The van der Waals surface area contributed by atoms with Crippen LogP contribution in [0.4, 0.5) is 0 Å². The van der Waals surface area contributed by atoms with Crippen molar-refractivity contribution in [3.63, 3.8) is 0 Å². The normalized spacial score (nSPS) is 55.4. The molecule has 88 heavy (non-hydrogen) atoms. The van der Waals surface area contributed by atoms with E-state index in [1.54, 1.807) is 0 Å². The minimum atomic E-state index is -2.21. The van der Waals surface area contributed by atoms with Crippen molar-refractivity contribution in [1.29, 1.82) is 0 Å². The summed E-state index contributed by atoms with van der Waals surface area (Å²) in [7, 11) is 0. The molecule has 30 saturated heterocycles. The minimum absolute atomic E-state index is 0.0677. The van der Waals surface area contributed by atoms with E-state index in [9.17, 15) is 112 Å². The van der Waals surface area contributed by atoms with Gasteiger partial charge in [-0.3, -0.25) is 0 Å². The van der Waals surface area contributed by atoms with Crippen LogP contribution in [-0.2, 0) is 75.8 Å². The average Bonchev–Trinajstić information content (AvgIpc) is 0.985. The average molecular weight is 1290 g/mol. The van der Waals surface area contributed by atoms with Crippen molar-refractivity contribution in [3.8, 4) is 0 Å². The highest BCUT2D eigenvalue weighted by atomic mass is 16.8. The summed E-state index contributed by atoms with van der Waals surface area (Å²) in [5, 5.41) is 245. The molecule has 0 saturated carbocycles. The molecule has 0 radical (unpaired) electrons. The number of aliphatic hydroxyl groups is 22. The van der Waals surface area contributed by atoms with E-state index < -0.39 is 292 Å². The van der Waals surface area contributed by atoms with Gasteiger partial charge in [0.1, 0.15) is 177 Å². The second kappa shape index (κ2) is 30.1. The second-order valence-electron chi connectivity index (χ2n) is 23.1. The van der Waals surface area contributed by atoms with Crippen molar-refractivity contribution in [3.05, 3.63) is 0 Å². The molecule has 0 aromatic heterocycles. The van der Waals surface area contributed by atoms with E-state index in [0.717, 1.165) is 0 Å². The molecule has 38 nitrogen and oxygen atoms in total. The van der Waals surface area contributed by atoms with E-state index in [2.05, 4.69) is 0 Å². The van der Waals surface area contributed by atoms with Gasteiger partial charge >= 0.3 is 0 Å². The van der Waals surface area contributed by atoms with E-state index in [4.69, 9.17) is 75.8 Å². The smallest absolute Gasteiger partial charge is 0.187 e. The monoisotopic (exact) mass is 1290 g/mol. The fourth-order valence-corrected chi connectivity index (χ4v) is 12.3. The van der Waals surface area contributed by atoms with Crippen LogP contribution in [0.2, 0.25) is 0 Å².